The van der Waals surface area contributed by atoms with Crippen molar-refractivity contribution < 1.29 is 9.53 Å². The third kappa shape index (κ3) is 4.88. The fourth-order valence-electron chi connectivity index (χ4n) is 1.22. The Kier molecular flexibility index (Phi) is 6.59. The Hall–Kier alpha value is -0.570. The molecule has 78 valence electrons. The highest BCUT2D eigenvalue weighted by atomic mass is 16.5. The Labute approximate surface area is 81.1 Å². The summed E-state index contributed by atoms with van der Waals surface area (Å²) in [5.74, 6) is 0.231. The SMILES string of the molecule is CCCC(=O)N(CCOC)C(C)C. The molecule has 0 atom stereocenters. The van der Waals surface area contributed by atoms with Gasteiger partial charge in [-0.15, -0.1) is 0 Å². The molecule has 0 aliphatic carbocycles. The number of carbonyl (C=O) groups excluding carboxylic acids is 1. The molecule has 0 N–H and O–H groups in total. The highest BCUT2D eigenvalue weighted by Gasteiger charge is 2.14. The zero-order valence-corrected chi connectivity index (χ0v) is 9.17. The lowest BCUT2D eigenvalue weighted by Crippen LogP contribution is -2.39. The minimum Gasteiger partial charge on any atom is -0.383 e. The van der Waals surface area contributed by atoms with E-state index in [1.165, 1.54) is 0 Å². The summed E-state index contributed by atoms with van der Waals surface area (Å²) in [7, 11) is 1.66. The first-order valence-corrected chi connectivity index (χ1v) is 4.91. The minimum absolute atomic E-state index is 0.231. The molecule has 0 bridgehead atoms. The molecular formula is C10H21NO2. The maximum Gasteiger partial charge on any atom is 0.222 e. The molecule has 0 aromatic carbocycles. The van der Waals surface area contributed by atoms with Crippen LogP contribution in [0.3, 0.4) is 0 Å². The molecule has 1 amide bonds. The quantitative estimate of drug-likeness (QED) is 0.633. The van der Waals surface area contributed by atoms with Gasteiger partial charge in [0.1, 0.15) is 0 Å². The summed E-state index contributed by atoms with van der Waals surface area (Å²) < 4.78 is 4.96. The summed E-state index contributed by atoms with van der Waals surface area (Å²) in [5.41, 5.74) is 0. The van der Waals surface area contributed by atoms with Crippen molar-refractivity contribution in [2.45, 2.75) is 39.7 Å². The zero-order chi connectivity index (χ0) is 10.3. The van der Waals surface area contributed by atoms with Gasteiger partial charge >= 0.3 is 0 Å². The van der Waals surface area contributed by atoms with Crippen molar-refractivity contribution >= 4 is 5.91 Å². The van der Waals surface area contributed by atoms with Crippen LogP contribution in [0, 0.1) is 0 Å². The number of carbonyl (C=O) groups is 1. The second-order valence-electron chi connectivity index (χ2n) is 3.42. The first kappa shape index (κ1) is 12.4. The molecule has 0 spiro atoms. The van der Waals surface area contributed by atoms with Gasteiger partial charge in [-0.1, -0.05) is 6.92 Å². The van der Waals surface area contributed by atoms with Crippen molar-refractivity contribution in [2.75, 3.05) is 20.3 Å². The molecule has 3 heteroatoms. The van der Waals surface area contributed by atoms with Gasteiger partial charge in [-0.05, 0) is 20.3 Å². The molecule has 0 aliphatic rings. The first-order valence-electron chi connectivity index (χ1n) is 4.91. The van der Waals surface area contributed by atoms with E-state index in [2.05, 4.69) is 0 Å². The molecule has 13 heavy (non-hydrogen) atoms. The third-order valence-corrected chi connectivity index (χ3v) is 1.94. The molecule has 0 saturated carbocycles. The number of amides is 1. The highest BCUT2D eigenvalue weighted by Crippen LogP contribution is 2.03. The minimum atomic E-state index is 0.231. The van der Waals surface area contributed by atoms with Crippen LogP contribution in [0.2, 0.25) is 0 Å². The van der Waals surface area contributed by atoms with E-state index in [0.29, 0.717) is 19.6 Å². The van der Waals surface area contributed by atoms with Crippen molar-refractivity contribution in [1.29, 1.82) is 0 Å². The maximum absolute atomic E-state index is 11.6. The van der Waals surface area contributed by atoms with Crippen LogP contribution >= 0.6 is 0 Å². The molecule has 0 heterocycles. The third-order valence-electron chi connectivity index (χ3n) is 1.94. The van der Waals surface area contributed by atoms with Crippen molar-refractivity contribution in [3.63, 3.8) is 0 Å². The van der Waals surface area contributed by atoms with Gasteiger partial charge < -0.3 is 9.64 Å². The van der Waals surface area contributed by atoms with E-state index in [1.54, 1.807) is 7.11 Å². The molecule has 0 aliphatic heterocycles. The van der Waals surface area contributed by atoms with E-state index < -0.39 is 0 Å². The second kappa shape index (κ2) is 6.89. The normalized spacial score (nSPS) is 10.5. The first-order chi connectivity index (χ1) is 6.13. The molecule has 0 radical (unpaired) electrons. The predicted molar refractivity (Wildman–Crippen MR) is 53.6 cm³/mol. The number of hydrogen-bond donors (Lipinski definition) is 0. The van der Waals surface area contributed by atoms with Gasteiger partial charge in [-0.25, -0.2) is 0 Å². The van der Waals surface area contributed by atoms with Crippen molar-refractivity contribution in [3.8, 4) is 0 Å². The van der Waals surface area contributed by atoms with E-state index in [4.69, 9.17) is 4.74 Å². The Bertz CT molecular complexity index is 146. The van der Waals surface area contributed by atoms with Crippen LogP contribution in [0.25, 0.3) is 0 Å². The zero-order valence-electron chi connectivity index (χ0n) is 9.17. The van der Waals surface area contributed by atoms with Gasteiger partial charge in [-0.3, -0.25) is 4.79 Å². The summed E-state index contributed by atoms with van der Waals surface area (Å²) in [4.78, 5) is 13.4. The average molecular weight is 187 g/mol. The lowest BCUT2D eigenvalue weighted by molar-refractivity contribution is -0.133. The van der Waals surface area contributed by atoms with Gasteiger partial charge in [0.05, 0.1) is 6.61 Å². The van der Waals surface area contributed by atoms with Crippen molar-refractivity contribution in [2.24, 2.45) is 0 Å². The molecule has 3 nitrogen and oxygen atoms in total. The van der Waals surface area contributed by atoms with E-state index in [9.17, 15) is 4.79 Å². The van der Waals surface area contributed by atoms with Crippen LogP contribution in [0.1, 0.15) is 33.6 Å². The summed E-state index contributed by atoms with van der Waals surface area (Å²) in [6.07, 6.45) is 1.55. The summed E-state index contributed by atoms with van der Waals surface area (Å²) in [5, 5.41) is 0. The van der Waals surface area contributed by atoms with Gasteiger partial charge in [0, 0.05) is 26.1 Å². The van der Waals surface area contributed by atoms with Crippen LogP contribution in [0.5, 0.6) is 0 Å². The van der Waals surface area contributed by atoms with Crippen molar-refractivity contribution in [3.05, 3.63) is 0 Å². The number of ether oxygens (including phenoxy) is 1. The van der Waals surface area contributed by atoms with Crippen LogP contribution in [-0.2, 0) is 9.53 Å². The van der Waals surface area contributed by atoms with Gasteiger partial charge in [0.15, 0.2) is 0 Å². The standard InChI is InChI=1S/C10H21NO2/c1-5-6-10(12)11(9(2)3)7-8-13-4/h9H,5-8H2,1-4H3. The van der Waals surface area contributed by atoms with Gasteiger partial charge in [0.2, 0.25) is 5.91 Å². The second-order valence-corrected chi connectivity index (χ2v) is 3.42. The molecule has 0 saturated heterocycles. The lowest BCUT2D eigenvalue weighted by Gasteiger charge is -2.26. The molecule has 0 aromatic rings. The molecule has 0 fully saturated rings. The maximum atomic E-state index is 11.6. The van der Waals surface area contributed by atoms with Gasteiger partial charge in [-0.2, -0.15) is 0 Å². The number of nitrogens with zero attached hydrogens (tertiary/aromatic N) is 1. The topological polar surface area (TPSA) is 29.5 Å². The fourth-order valence-corrected chi connectivity index (χ4v) is 1.22. The monoisotopic (exact) mass is 187 g/mol. The Morgan fingerprint density at radius 2 is 2.08 bits per heavy atom. The summed E-state index contributed by atoms with van der Waals surface area (Å²) in [6, 6.07) is 0.272. The Morgan fingerprint density at radius 1 is 1.46 bits per heavy atom. The molecule has 0 aromatic heterocycles. The summed E-state index contributed by atoms with van der Waals surface area (Å²) >= 11 is 0. The Balaban J connectivity index is 3.99. The van der Waals surface area contributed by atoms with Gasteiger partial charge in [0.25, 0.3) is 0 Å². The van der Waals surface area contributed by atoms with Crippen LogP contribution in [0.4, 0.5) is 0 Å². The number of hydrogen-bond acceptors (Lipinski definition) is 2. The molecular weight excluding hydrogens is 166 g/mol. The predicted octanol–water partition coefficient (Wildman–Crippen LogP) is 1.67. The Morgan fingerprint density at radius 3 is 2.46 bits per heavy atom. The van der Waals surface area contributed by atoms with E-state index in [0.717, 1.165) is 6.42 Å². The van der Waals surface area contributed by atoms with Crippen LogP contribution in [0.15, 0.2) is 0 Å². The number of methoxy groups -OCH3 is 1. The largest absolute Gasteiger partial charge is 0.383 e. The van der Waals surface area contributed by atoms with E-state index >= 15 is 0 Å². The van der Waals surface area contributed by atoms with Crippen molar-refractivity contribution in [1.82, 2.24) is 4.90 Å². The van der Waals surface area contributed by atoms with E-state index in [-0.39, 0.29) is 11.9 Å². The smallest absolute Gasteiger partial charge is 0.222 e. The average Bonchev–Trinajstić information content (AvgIpc) is 2.05. The molecule has 0 unspecified atom stereocenters. The fraction of sp³-hybridized carbons (Fsp3) is 0.900. The highest BCUT2D eigenvalue weighted by molar-refractivity contribution is 5.76. The lowest BCUT2D eigenvalue weighted by atomic mass is 10.2. The summed E-state index contributed by atoms with van der Waals surface area (Å²) in [6.45, 7) is 7.40. The van der Waals surface area contributed by atoms with Crippen LogP contribution < -0.4 is 0 Å². The van der Waals surface area contributed by atoms with Crippen LogP contribution in [-0.4, -0.2) is 37.1 Å². The number of rotatable bonds is 6. The van der Waals surface area contributed by atoms with E-state index in [1.807, 2.05) is 25.7 Å². The molecule has 0 rings (SSSR count).